The van der Waals surface area contributed by atoms with E-state index < -0.39 is 0 Å². The highest BCUT2D eigenvalue weighted by atomic mass is 16.4. The second kappa shape index (κ2) is 7.69. The predicted octanol–water partition coefficient (Wildman–Crippen LogP) is 2.76. The van der Waals surface area contributed by atoms with Gasteiger partial charge in [-0.25, -0.2) is 0 Å². The number of hydrogen-bond acceptors (Lipinski definition) is 6. The van der Waals surface area contributed by atoms with E-state index in [4.69, 9.17) is 4.42 Å². The summed E-state index contributed by atoms with van der Waals surface area (Å²) in [7, 11) is 0. The molecular formula is C19H22N6O2. The topological polar surface area (TPSA) is 89.9 Å². The summed E-state index contributed by atoms with van der Waals surface area (Å²) in [4.78, 5) is 18.7. The number of hydrogen-bond donors (Lipinski definition) is 0. The smallest absolute Gasteiger partial charge is 0.274 e. The molecule has 140 valence electrons. The lowest BCUT2D eigenvalue weighted by Crippen LogP contribution is -2.38. The van der Waals surface area contributed by atoms with Crippen molar-refractivity contribution in [2.75, 3.05) is 13.1 Å². The Balaban J connectivity index is 1.37. The average molecular weight is 366 g/mol. The summed E-state index contributed by atoms with van der Waals surface area (Å²) in [6.07, 6.45) is 6.15. The normalized spacial score (nSPS) is 15.2. The predicted molar refractivity (Wildman–Crippen MR) is 97.9 cm³/mol. The summed E-state index contributed by atoms with van der Waals surface area (Å²) >= 11 is 0. The number of pyridine rings is 1. The van der Waals surface area contributed by atoms with Gasteiger partial charge in [-0.2, -0.15) is 5.10 Å². The fraction of sp³-hybridized carbons (Fsp3) is 0.421. The van der Waals surface area contributed by atoms with Crippen molar-refractivity contribution in [3.8, 4) is 11.6 Å². The van der Waals surface area contributed by atoms with Crippen molar-refractivity contribution >= 4 is 5.91 Å². The van der Waals surface area contributed by atoms with E-state index in [0.717, 1.165) is 25.8 Å². The van der Waals surface area contributed by atoms with Gasteiger partial charge in [-0.15, -0.1) is 10.2 Å². The summed E-state index contributed by atoms with van der Waals surface area (Å²) in [6, 6.07) is 7.37. The lowest BCUT2D eigenvalue weighted by atomic mass is 9.96. The van der Waals surface area contributed by atoms with Crippen LogP contribution in [0, 0.1) is 0 Å². The second-order valence-corrected chi connectivity index (χ2v) is 6.69. The molecule has 0 unspecified atom stereocenters. The molecule has 1 aliphatic heterocycles. The Morgan fingerprint density at radius 1 is 1.22 bits per heavy atom. The van der Waals surface area contributed by atoms with Crippen molar-refractivity contribution in [3.05, 3.63) is 48.2 Å². The fourth-order valence-corrected chi connectivity index (χ4v) is 3.31. The van der Waals surface area contributed by atoms with Gasteiger partial charge in [-0.05, 0) is 37.5 Å². The number of amides is 1. The van der Waals surface area contributed by atoms with Crippen LogP contribution in [0.3, 0.4) is 0 Å². The third-order valence-corrected chi connectivity index (χ3v) is 4.77. The highest BCUT2D eigenvalue weighted by molar-refractivity contribution is 5.92. The Bertz CT molecular complexity index is 896. The van der Waals surface area contributed by atoms with Crippen LogP contribution in [-0.2, 0) is 6.54 Å². The minimum atomic E-state index is -0.0111. The fourth-order valence-electron chi connectivity index (χ4n) is 3.31. The van der Waals surface area contributed by atoms with E-state index in [1.54, 1.807) is 12.3 Å². The average Bonchev–Trinajstić information content (AvgIpc) is 3.39. The van der Waals surface area contributed by atoms with E-state index in [1.807, 2.05) is 34.0 Å². The molecule has 0 atom stereocenters. The SMILES string of the molecule is CCCn1ccc(C(=O)N2CCC(c3nnc(-c4ccccn4)o3)CC2)n1. The first-order valence-corrected chi connectivity index (χ1v) is 9.32. The molecular weight excluding hydrogens is 344 g/mol. The van der Waals surface area contributed by atoms with E-state index >= 15 is 0 Å². The summed E-state index contributed by atoms with van der Waals surface area (Å²) in [5, 5.41) is 12.7. The molecule has 0 aliphatic carbocycles. The van der Waals surface area contributed by atoms with Crippen molar-refractivity contribution in [2.45, 2.75) is 38.6 Å². The summed E-state index contributed by atoms with van der Waals surface area (Å²) in [6.45, 7) is 4.23. The lowest BCUT2D eigenvalue weighted by molar-refractivity contribution is 0.0699. The summed E-state index contributed by atoms with van der Waals surface area (Å²) in [5.41, 5.74) is 1.18. The molecule has 1 aliphatic rings. The number of piperidine rings is 1. The van der Waals surface area contributed by atoms with Crippen LogP contribution in [0.5, 0.6) is 0 Å². The molecule has 1 saturated heterocycles. The van der Waals surface area contributed by atoms with Gasteiger partial charge in [0.15, 0.2) is 0 Å². The molecule has 8 heteroatoms. The van der Waals surface area contributed by atoms with Gasteiger partial charge in [0.1, 0.15) is 11.4 Å². The number of rotatable bonds is 5. The third-order valence-electron chi connectivity index (χ3n) is 4.77. The molecule has 1 fully saturated rings. The van der Waals surface area contributed by atoms with Crippen LogP contribution in [0.2, 0.25) is 0 Å². The Kier molecular flexibility index (Phi) is 4.95. The highest BCUT2D eigenvalue weighted by Crippen LogP contribution is 2.29. The summed E-state index contributed by atoms with van der Waals surface area (Å²) < 4.78 is 7.63. The second-order valence-electron chi connectivity index (χ2n) is 6.69. The zero-order valence-corrected chi connectivity index (χ0v) is 15.3. The van der Waals surface area contributed by atoms with Crippen LogP contribution >= 0.6 is 0 Å². The number of aromatic nitrogens is 5. The molecule has 3 aromatic heterocycles. The van der Waals surface area contributed by atoms with Gasteiger partial charge in [-0.3, -0.25) is 14.5 Å². The molecule has 4 heterocycles. The molecule has 0 aromatic carbocycles. The van der Waals surface area contributed by atoms with E-state index in [-0.39, 0.29) is 11.8 Å². The molecule has 4 rings (SSSR count). The largest absolute Gasteiger partial charge is 0.419 e. The van der Waals surface area contributed by atoms with Crippen LogP contribution in [0.4, 0.5) is 0 Å². The van der Waals surface area contributed by atoms with Crippen LogP contribution in [0.15, 0.2) is 41.1 Å². The maximum Gasteiger partial charge on any atom is 0.274 e. The number of nitrogens with zero attached hydrogens (tertiary/aromatic N) is 6. The van der Waals surface area contributed by atoms with Gasteiger partial charge in [0.05, 0.1) is 0 Å². The van der Waals surface area contributed by atoms with Gasteiger partial charge in [0, 0.05) is 37.9 Å². The molecule has 0 radical (unpaired) electrons. The zero-order valence-electron chi connectivity index (χ0n) is 15.3. The van der Waals surface area contributed by atoms with Gasteiger partial charge in [0.2, 0.25) is 5.89 Å². The van der Waals surface area contributed by atoms with E-state index in [0.29, 0.717) is 36.3 Å². The van der Waals surface area contributed by atoms with Crippen molar-refractivity contribution in [1.82, 2.24) is 29.9 Å². The summed E-state index contributed by atoms with van der Waals surface area (Å²) in [5.74, 6) is 1.21. The number of carbonyl (C=O) groups is 1. The van der Waals surface area contributed by atoms with Crippen molar-refractivity contribution in [1.29, 1.82) is 0 Å². The first kappa shape index (κ1) is 17.4. The molecule has 0 bridgehead atoms. The Morgan fingerprint density at radius 3 is 2.81 bits per heavy atom. The van der Waals surface area contributed by atoms with Gasteiger partial charge in [0.25, 0.3) is 11.8 Å². The Hall–Kier alpha value is -3.03. The maximum atomic E-state index is 12.6. The monoisotopic (exact) mass is 366 g/mol. The zero-order chi connectivity index (χ0) is 18.6. The lowest BCUT2D eigenvalue weighted by Gasteiger charge is -2.29. The molecule has 1 amide bonds. The van der Waals surface area contributed by atoms with Crippen molar-refractivity contribution < 1.29 is 9.21 Å². The molecule has 8 nitrogen and oxygen atoms in total. The quantitative estimate of drug-likeness (QED) is 0.690. The van der Waals surface area contributed by atoms with Gasteiger partial charge in [-0.1, -0.05) is 13.0 Å². The molecule has 0 spiro atoms. The number of carbonyl (C=O) groups excluding carboxylic acids is 1. The Labute approximate surface area is 157 Å². The van der Waals surface area contributed by atoms with E-state index in [2.05, 4.69) is 27.2 Å². The minimum Gasteiger partial charge on any atom is -0.419 e. The number of likely N-dealkylation sites (tertiary alicyclic amines) is 1. The molecule has 0 saturated carbocycles. The standard InChI is InChI=1S/C19H22N6O2/c1-2-10-25-13-8-16(23-25)19(26)24-11-6-14(7-12-24)17-21-22-18(27-17)15-5-3-4-9-20-15/h3-5,8-9,13-14H,2,6-7,10-12H2,1H3. The molecule has 3 aromatic rings. The van der Waals surface area contributed by atoms with E-state index in [9.17, 15) is 4.79 Å². The van der Waals surface area contributed by atoms with Crippen LogP contribution in [-0.4, -0.2) is 48.9 Å². The van der Waals surface area contributed by atoms with Crippen molar-refractivity contribution in [3.63, 3.8) is 0 Å². The Morgan fingerprint density at radius 2 is 2.07 bits per heavy atom. The maximum absolute atomic E-state index is 12.6. The van der Waals surface area contributed by atoms with E-state index in [1.165, 1.54) is 0 Å². The third kappa shape index (κ3) is 3.74. The number of aryl methyl sites for hydroxylation is 1. The van der Waals surface area contributed by atoms with Gasteiger partial charge >= 0.3 is 0 Å². The van der Waals surface area contributed by atoms with Crippen molar-refractivity contribution in [2.24, 2.45) is 0 Å². The van der Waals surface area contributed by atoms with Gasteiger partial charge < -0.3 is 9.32 Å². The minimum absolute atomic E-state index is 0.0111. The van der Waals surface area contributed by atoms with Crippen LogP contribution in [0.1, 0.15) is 48.5 Å². The molecule has 27 heavy (non-hydrogen) atoms. The highest BCUT2D eigenvalue weighted by Gasteiger charge is 2.28. The first-order valence-electron chi connectivity index (χ1n) is 9.32. The molecule has 0 N–H and O–H groups in total. The van der Waals surface area contributed by atoms with Crippen LogP contribution < -0.4 is 0 Å². The first-order chi connectivity index (χ1) is 13.2. The van der Waals surface area contributed by atoms with Crippen LogP contribution in [0.25, 0.3) is 11.6 Å².